The third kappa shape index (κ3) is 6.19. The summed E-state index contributed by atoms with van der Waals surface area (Å²) in [5.74, 6) is 0. The van der Waals surface area contributed by atoms with Gasteiger partial charge in [-0.3, -0.25) is 0 Å². The lowest BCUT2D eigenvalue weighted by Gasteiger charge is -2.39. The van der Waals surface area contributed by atoms with Gasteiger partial charge in [-0.2, -0.15) is 0 Å². The van der Waals surface area contributed by atoms with Crippen molar-refractivity contribution in [1.29, 1.82) is 0 Å². The van der Waals surface area contributed by atoms with Crippen LogP contribution < -0.4 is 5.32 Å². The van der Waals surface area contributed by atoms with Gasteiger partial charge in [-0.05, 0) is 78.0 Å². The molecule has 1 aliphatic heterocycles. The van der Waals surface area contributed by atoms with Crippen molar-refractivity contribution in [1.82, 2.24) is 10.2 Å². The predicted molar refractivity (Wildman–Crippen MR) is 81.1 cm³/mol. The lowest BCUT2D eigenvalue weighted by Crippen LogP contribution is -2.39. The number of nitrogens with one attached hydrogen (secondary N) is 1. The molecule has 2 heteroatoms. The van der Waals surface area contributed by atoms with Gasteiger partial charge < -0.3 is 10.2 Å². The van der Waals surface area contributed by atoms with Crippen LogP contribution in [0.15, 0.2) is 0 Å². The lowest BCUT2D eigenvalue weighted by atomic mass is 9.78. The highest BCUT2D eigenvalue weighted by atomic mass is 15.1. The Hall–Kier alpha value is -0.0800. The minimum Gasteiger partial charge on any atom is -0.312 e. The molecule has 1 fully saturated rings. The van der Waals surface area contributed by atoms with Crippen molar-refractivity contribution in [2.45, 2.75) is 72.3 Å². The first-order chi connectivity index (χ1) is 8.35. The minimum atomic E-state index is 0.272. The van der Waals surface area contributed by atoms with E-state index in [0.717, 1.165) is 6.54 Å². The molecule has 0 bridgehead atoms. The van der Waals surface area contributed by atoms with E-state index in [0.29, 0.717) is 5.41 Å². The Morgan fingerprint density at radius 2 is 1.72 bits per heavy atom. The molecule has 1 aliphatic rings. The maximum absolute atomic E-state index is 3.56. The Balaban J connectivity index is 2.05. The number of piperidine rings is 1. The van der Waals surface area contributed by atoms with Crippen molar-refractivity contribution in [3.8, 4) is 0 Å². The third-order valence-electron chi connectivity index (χ3n) is 4.47. The number of nitrogens with zero attached hydrogens (tertiary/aromatic N) is 1. The highest BCUT2D eigenvalue weighted by molar-refractivity contribution is 4.81. The molecular weight excluding hydrogens is 220 g/mol. The number of hydrogen-bond acceptors (Lipinski definition) is 2. The maximum Gasteiger partial charge on any atom is 0.00965 e. The van der Waals surface area contributed by atoms with Crippen LogP contribution in [0.3, 0.4) is 0 Å². The Kier molecular flexibility index (Phi) is 6.13. The van der Waals surface area contributed by atoms with Gasteiger partial charge in [0.25, 0.3) is 0 Å². The van der Waals surface area contributed by atoms with E-state index >= 15 is 0 Å². The fraction of sp³-hybridized carbons (Fsp3) is 1.00. The van der Waals surface area contributed by atoms with E-state index in [1.54, 1.807) is 0 Å². The summed E-state index contributed by atoms with van der Waals surface area (Å²) in [7, 11) is 0. The second-order valence-corrected chi connectivity index (χ2v) is 7.39. The van der Waals surface area contributed by atoms with E-state index in [2.05, 4.69) is 44.8 Å². The fourth-order valence-electron chi connectivity index (χ4n) is 2.59. The zero-order valence-corrected chi connectivity index (χ0v) is 13.3. The Morgan fingerprint density at radius 1 is 1.11 bits per heavy atom. The van der Waals surface area contributed by atoms with E-state index in [9.17, 15) is 0 Å². The topological polar surface area (TPSA) is 15.3 Å². The van der Waals surface area contributed by atoms with Crippen LogP contribution in [0.25, 0.3) is 0 Å². The summed E-state index contributed by atoms with van der Waals surface area (Å²) in [4.78, 5) is 2.66. The van der Waals surface area contributed by atoms with Crippen LogP contribution in [0.4, 0.5) is 0 Å². The van der Waals surface area contributed by atoms with Gasteiger partial charge in [-0.1, -0.05) is 20.3 Å². The van der Waals surface area contributed by atoms with E-state index in [1.165, 1.54) is 51.7 Å². The molecule has 2 nitrogen and oxygen atoms in total. The second kappa shape index (κ2) is 6.91. The van der Waals surface area contributed by atoms with Crippen LogP contribution in [-0.4, -0.2) is 36.6 Å². The zero-order valence-electron chi connectivity index (χ0n) is 13.3. The summed E-state index contributed by atoms with van der Waals surface area (Å²) < 4.78 is 0. The molecule has 0 aromatic rings. The van der Waals surface area contributed by atoms with E-state index in [1.807, 2.05) is 0 Å². The smallest absolute Gasteiger partial charge is 0.00965 e. The molecule has 0 unspecified atom stereocenters. The summed E-state index contributed by atoms with van der Waals surface area (Å²) in [5, 5.41) is 3.56. The number of unbranched alkanes of at least 4 members (excludes halogenated alkanes) is 1. The van der Waals surface area contributed by atoms with Gasteiger partial charge in [0.15, 0.2) is 0 Å². The summed E-state index contributed by atoms with van der Waals surface area (Å²) in [6.07, 6.45) is 6.77. The van der Waals surface area contributed by atoms with Crippen molar-refractivity contribution >= 4 is 0 Å². The predicted octanol–water partition coefficient (Wildman–Crippen LogP) is 3.67. The second-order valence-electron chi connectivity index (χ2n) is 7.39. The summed E-state index contributed by atoms with van der Waals surface area (Å²) in [6, 6.07) is 0. The van der Waals surface area contributed by atoms with E-state index < -0.39 is 0 Å². The van der Waals surface area contributed by atoms with Crippen molar-refractivity contribution in [2.24, 2.45) is 5.41 Å². The molecule has 1 N–H and O–H groups in total. The Morgan fingerprint density at radius 3 is 2.22 bits per heavy atom. The average Bonchev–Trinajstić information content (AvgIpc) is 2.30. The van der Waals surface area contributed by atoms with Crippen LogP contribution in [0.1, 0.15) is 66.7 Å². The van der Waals surface area contributed by atoms with Gasteiger partial charge in [0.1, 0.15) is 0 Å². The molecule has 0 aliphatic carbocycles. The van der Waals surface area contributed by atoms with Crippen LogP contribution in [0.2, 0.25) is 0 Å². The SMILES string of the molecule is CCC1(C)CCN(CCCCNC(C)(C)C)CC1. The standard InChI is InChI=1S/C16H34N2/c1-6-16(5)9-13-18(14-10-16)12-8-7-11-17-15(2,3)4/h17H,6-14H2,1-5H3. The van der Waals surface area contributed by atoms with Crippen molar-refractivity contribution in [3.63, 3.8) is 0 Å². The Labute approximate surface area is 115 Å². The Bertz CT molecular complexity index is 222. The molecule has 0 aromatic heterocycles. The molecule has 108 valence electrons. The molecule has 0 spiro atoms. The number of likely N-dealkylation sites (tertiary alicyclic amines) is 1. The number of hydrogen-bond donors (Lipinski definition) is 1. The molecular formula is C16H34N2. The fourth-order valence-corrected chi connectivity index (χ4v) is 2.59. The first-order valence-corrected chi connectivity index (χ1v) is 7.82. The van der Waals surface area contributed by atoms with Gasteiger partial charge in [0.05, 0.1) is 0 Å². The van der Waals surface area contributed by atoms with Gasteiger partial charge >= 0.3 is 0 Å². The molecule has 1 heterocycles. The van der Waals surface area contributed by atoms with Gasteiger partial charge in [0.2, 0.25) is 0 Å². The molecule has 18 heavy (non-hydrogen) atoms. The van der Waals surface area contributed by atoms with Crippen molar-refractivity contribution < 1.29 is 0 Å². The van der Waals surface area contributed by atoms with Gasteiger partial charge in [-0.15, -0.1) is 0 Å². The molecule has 0 aromatic carbocycles. The molecule has 0 atom stereocenters. The summed E-state index contributed by atoms with van der Waals surface area (Å²) in [6.45, 7) is 16.6. The van der Waals surface area contributed by atoms with Crippen LogP contribution in [0, 0.1) is 5.41 Å². The summed E-state index contributed by atoms with van der Waals surface area (Å²) in [5.41, 5.74) is 0.901. The number of rotatable bonds is 6. The van der Waals surface area contributed by atoms with Gasteiger partial charge in [0, 0.05) is 5.54 Å². The minimum absolute atomic E-state index is 0.272. The molecule has 0 saturated carbocycles. The monoisotopic (exact) mass is 254 g/mol. The quantitative estimate of drug-likeness (QED) is 0.728. The summed E-state index contributed by atoms with van der Waals surface area (Å²) >= 11 is 0. The van der Waals surface area contributed by atoms with Gasteiger partial charge in [-0.25, -0.2) is 0 Å². The maximum atomic E-state index is 3.56. The first-order valence-electron chi connectivity index (χ1n) is 7.82. The average molecular weight is 254 g/mol. The highest BCUT2D eigenvalue weighted by Crippen LogP contribution is 2.33. The van der Waals surface area contributed by atoms with Crippen LogP contribution >= 0.6 is 0 Å². The first kappa shape index (κ1) is 16.0. The van der Waals surface area contributed by atoms with Crippen LogP contribution in [-0.2, 0) is 0 Å². The van der Waals surface area contributed by atoms with E-state index in [4.69, 9.17) is 0 Å². The van der Waals surface area contributed by atoms with Crippen LogP contribution in [0.5, 0.6) is 0 Å². The van der Waals surface area contributed by atoms with Crippen molar-refractivity contribution in [3.05, 3.63) is 0 Å². The normalized spacial score (nSPS) is 21.2. The highest BCUT2D eigenvalue weighted by Gasteiger charge is 2.27. The zero-order chi connectivity index (χ0) is 13.6. The van der Waals surface area contributed by atoms with Crippen molar-refractivity contribution in [2.75, 3.05) is 26.2 Å². The largest absolute Gasteiger partial charge is 0.312 e. The molecule has 1 rings (SSSR count). The molecule has 0 radical (unpaired) electrons. The lowest BCUT2D eigenvalue weighted by molar-refractivity contribution is 0.113. The van der Waals surface area contributed by atoms with E-state index in [-0.39, 0.29) is 5.54 Å². The molecule has 0 amide bonds. The third-order valence-corrected chi connectivity index (χ3v) is 4.47. The molecule has 1 saturated heterocycles.